The van der Waals surface area contributed by atoms with E-state index in [1.165, 1.54) is 0 Å². The van der Waals surface area contributed by atoms with E-state index in [1.54, 1.807) is 17.0 Å². The minimum atomic E-state index is -0.0492. The van der Waals surface area contributed by atoms with E-state index in [0.29, 0.717) is 30.3 Å². The van der Waals surface area contributed by atoms with Crippen LogP contribution < -0.4 is 15.0 Å². The summed E-state index contributed by atoms with van der Waals surface area (Å²) in [5.74, 6) is 0.676. The standard InChI is InChI=1S/C26H29N3O4/c30-24-2-1-15-28(24)21-11-13-23(14-12-21)33-17-25(31)29(22-9-10-22)16-18-3-5-19(6-4-18)26(32)27-20-7-8-20/h3-6,11-14,20,22H,1-2,7-10,15-17H2,(H,27,32). The fourth-order valence-electron chi connectivity index (χ4n) is 4.13. The summed E-state index contributed by atoms with van der Waals surface area (Å²) in [4.78, 5) is 40.6. The van der Waals surface area contributed by atoms with Crippen LogP contribution in [0.5, 0.6) is 5.75 Å². The Morgan fingerprint density at radius 3 is 2.33 bits per heavy atom. The number of benzene rings is 2. The van der Waals surface area contributed by atoms with Gasteiger partial charge in [-0.1, -0.05) is 12.1 Å². The number of nitrogens with zero attached hydrogens (tertiary/aromatic N) is 2. The Labute approximate surface area is 193 Å². The average Bonchev–Trinajstić information content (AvgIpc) is 3.76. The molecule has 5 rings (SSSR count). The fourth-order valence-corrected chi connectivity index (χ4v) is 4.13. The maximum absolute atomic E-state index is 12.9. The van der Waals surface area contributed by atoms with Gasteiger partial charge in [0.15, 0.2) is 6.61 Å². The molecule has 0 atom stereocenters. The zero-order valence-corrected chi connectivity index (χ0v) is 18.7. The smallest absolute Gasteiger partial charge is 0.261 e. The van der Waals surface area contributed by atoms with E-state index in [-0.39, 0.29) is 30.4 Å². The Bertz CT molecular complexity index is 1030. The van der Waals surface area contributed by atoms with E-state index < -0.39 is 0 Å². The van der Waals surface area contributed by atoms with Crippen molar-refractivity contribution in [1.29, 1.82) is 0 Å². The first-order valence-corrected chi connectivity index (χ1v) is 11.8. The van der Waals surface area contributed by atoms with Crippen LogP contribution in [0.25, 0.3) is 0 Å². The van der Waals surface area contributed by atoms with Gasteiger partial charge in [0.1, 0.15) is 5.75 Å². The van der Waals surface area contributed by atoms with Crippen LogP contribution in [0.15, 0.2) is 48.5 Å². The highest BCUT2D eigenvalue weighted by Gasteiger charge is 2.33. The van der Waals surface area contributed by atoms with Gasteiger partial charge in [0.25, 0.3) is 11.8 Å². The van der Waals surface area contributed by atoms with E-state index in [2.05, 4.69) is 5.32 Å². The first-order valence-electron chi connectivity index (χ1n) is 11.8. The molecule has 3 fully saturated rings. The summed E-state index contributed by atoms with van der Waals surface area (Å²) in [6, 6.07) is 15.4. The monoisotopic (exact) mass is 447 g/mol. The summed E-state index contributed by atoms with van der Waals surface area (Å²) in [6.45, 7) is 1.23. The zero-order chi connectivity index (χ0) is 22.8. The Morgan fingerprint density at radius 1 is 1.00 bits per heavy atom. The number of rotatable bonds is 9. The lowest BCUT2D eigenvalue weighted by molar-refractivity contribution is -0.134. The summed E-state index contributed by atoms with van der Waals surface area (Å²) < 4.78 is 5.75. The predicted molar refractivity (Wildman–Crippen MR) is 124 cm³/mol. The molecule has 2 saturated carbocycles. The number of carbonyl (C=O) groups excluding carboxylic acids is 3. The van der Waals surface area contributed by atoms with Crippen LogP contribution in [-0.4, -0.2) is 47.9 Å². The number of ether oxygens (including phenoxy) is 1. The van der Waals surface area contributed by atoms with Crippen LogP contribution >= 0.6 is 0 Å². The Kier molecular flexibility index (Phi) is 6.03. The van der Waals surface area contributed by atoms with Crippen molar-refractivity contribution in [2.75, 3.05) is 18.1 Å². The van der Waals surface area contributed by atoms with Gasteiger partial charge >= 0.3 is 0 Å². The van der Waals surface area contributed by atoms with Crippen molar-refractivity contribution >= 4 is 23.4 Å². The molecule has 0 aromatic heterocycles. The molecule has 7 heteroatoms. The van der Waals surface area contributed by atoms with Crippen LogP contribution in [-0.2, 0) is 16.1 Å². The third-order valence-corrected chi connectivity index (χ3v) is 6.37. The van der Waals surface area contributed by atoms with Crippen LogP contribution in [0.4, 0.5) is 5.69 Å². The summed E-state index contributed by atoms with van der Waals surface area (Å²) in [5.41, 5.74) is 2.51. The molecule has 2 aromatic carbocycles. The third-order valence-electron chi connectivity index (χ3n) is 6.37. The molecule has 0 radical (unpaired) electrons. The summed E-state index contributed by atoms with van der Waals surface area (Å²) in [7, 11) is 0. The highest BCUT2D eigenvalue weighted by molar-refractivity contribution is 5.95. The van der Waals surface area contributed by atoms with E-state index in [0.717, 1.165) is 49.9 Å². The van der Waals surface area contributed by atoms with Crippen molar-refractivity contribution in [2.45, 2.75) is 57.2 Å². The van der Waals surface area contributed by atoms with Gasteiger partial charge in [0.2, 0.25) is 5.91 Å². The van der Waals surface area contributed by atoms with Gasteiger partial charge in [0.05, 0.1) is 0 Å². The molecule has 3 amide bonds. The van der Waals surface area contributed by atoms with Gasteiger partial charge in [-0.05, 0) is 74.1 Å². The van der Waals surface area contributed by atoms with Crippen molar-refractivity contribution in [1.82, 2.24) is 10.2 Å². The lowest BCUT2D eigenvalue weighted by Gasteiger charge is -2.23. The van der Waals surface area contributed by atoms with Gasteiger partial charge < -0.3 is 19.9 Å². The quantitative estimate of drug-likeness (QED) is 0.640. The maximum Gasteiger partial charge on any atom is 0.261 e. The molecule has 1 aliphatic heterocycles. The second-order valence-corrected chi connectivity index (χ2v) is 9.13. The normalized spacial score (nSPS) is 17.7. The number of hydrogen-bond donors (Lipinski definition) is 1. The highest BCUT2D eigenvalue weighted by Crippen LogP contribution is 2.29. The molecule has 1 N–H and O–H groups in total. The van der Waals surface area contributed by atoms with Crippen molar-refractivity contribution in [3.8, 4) is 5.75 Å². The minimum absolute atomic E-state index is 0.0274. The molecule has 2 aliphatic carbocycles. The molecule has 172 valence electrons. The molecule has 1 saturated heterocycles. The molecule has 0 unspecified atom stereocenters. The largest absolute Gasteiger partial charge is 0.484 e. The summed E-state index contributed by atoms with van der Waals surface area (Å²) >= 11 is 0. The summed E-state index contributed by atoms with van der Waals surface area (Å²) in [5, 5.41) is 2.99. The topological polar surface area (TPSA) is 79.0 Å². The SMILES string of the molecule is O=C(NC1CC1)c1ccc(CN(C(=O)COc2ccc(N3CCCC3=O)cc2)C2CC2)cc1. The minimum Gasteiger partial charge on any atom is -0.484 e. The van der Waals surface area contributed by atoms with Crippen molar-refractivity contribution in [3.05, 3.63) is 59.7 Å². The van der Waals surface area contributed by atoms with E-state index in [9.17, 15) is 14.4 Å². The van der Waals surface area contributed by atoms with E-state index >= 15 is 0 Å². The Morgan fingerprint density at radius 2 is 1.73 bits per heavy atom. The highest BCUT2D eigenvalue weighted by atomic mass is 16.5. The average molecular weight is 448 g/mol. The Hall–Kier alpha value is -3.35. The fraction of sp³-hybridized carbons (Fsp3) is 0.423. The Balaban J connectivity index is 1.15. The van der Waals surface area contributed by atoms with Crippen LogP contribution in [0.3, 0.4) is 0 Å². The van der Waals surface area contributed by atoms with Crippen LogP contribution in [0.1, 0.15) is 54.4 Å². The van der Waals surface area contributed by atoms with Crippen molar-refractivity contribution in [3.63, 3.8) is 0 Å². The van der Waals surface area contributed by atoms with Crippen molar-refractivity contribution < 1.29 is 19.1 Å². The van der Waals surface area contributed by atoms with Gasteiger partial charge in [-0.2, -0.15) is 0 Å². The number of nitrogens with one attached hydrogen (secondary N) is 1. The molecule has 33 heavy (non-hydrogen) atoms. The number of anilines is 1. The molecule has 3 aliphatic rings. The molecule has 2 aromatic rings. The second-order valence-electron chi connectivity index (χ2n) is 9.13. The van der Waals surface area contributed by atoms with Gasteiger partial charge in [-0.25, -0.2) is 0 Å². The van der Waals surface area contributed by atoms with Crippen LogP contribution in [0.2, 0.25) is 0 Å². The van der Waals surface area contributed by atoms with Gasteiger partial charge in [-0.3, -0.25) is 14.4 Å². The molecule has 0 bridgehead atoms. The number of hydrogen-bond acceptors (Lipinski definition) is 4. The first kappa shape index (κ1) is 21.5. The van der Waals surface area contributed by atoms with Crippen molar-refractivity contribution in [2.24, 2.45) is 0 Å². The first-order chi connectivity index (χ1) is 16.1. The molecule has 7 nitrogen and oxygen atoms in total. The zero-order valence-electron chi connectivity index (χ0n) is 18.7. The van der Waals surface area contributed by atoms with Crippen LogP contribution in [0, 0.1) is 0 Å². The lowest BCUT2D eigenvalue weighted by atomic mass is 10.1. The molecular formula is C26H29N3O4. The molecular weight excluding hydrogens is 418 g/mol. The van der Waals surface area contributed by atoms with Gasteiger partial charge in [0, 0.05) is 42.8 Å². The van der Waals surface area contributed by atoms with Gasteiger partial charge in [-0.15, -0.1) is 0 Å². The molecule has 1 heterocycles. The summed E-state index contributed by atoms with van der Waals surface area (Å²) in [6.07, 6.45) is 5.62. The maximum atomic E-state index is 12.9. The predicted octanol–water partition coefficient (Wildman–Crippen LogP) is 3.28. The lowest BCUT2D eigenvalue weighted by Crippen LogP contribution is -2.36. The second kappa shape index (κ2) is 9.25. The third kappa shape index (κ3) is 5.35. The van der Waals surface area contributed by atoms with E-state index in [1.807, 2.05) is 41.3 Å². The number of amides is 3. The molecule has 0 spiro atoms. The van der Waals surface area contributed by atoms with E-state index in [4.69, 9.17) is 4.74 Å². The number of carbonyl (C=O) groups is 3.